The summed E-state index contributed by atoms with van der Waals surface area (Å²) in [6.45, 7) is 10.1. The number of nitrogens with zero attached hydrogens (tertiary/aromatic N) is 1. The second-order valence-electron chi connectivity index (χ2n) is 11.2. The Balaban J connectivity index is 1.88. The Hall–Kier alpha value is -3.41. The fraction of sp³-hybridized carbons (Fsp3) is 0.581. The summed E-state index contributed by atoms with van der Waals surface area (Å²) in [6, 6.07) is 8.94. The lowest BCUT2D eigenvalue weighted by Crippen LogP contribution is -2.52. The molecule has 2 rings (SSSR count). The molecule has 1 heterocycles. The maximum atomic E-state index is 13.4. The fourth-order valence-electron chi connectivity index (χ4n) is 4.88. The van der Waals surface area contributed by atoms with Gasteiger partial charge in [-0.1, -0.05) is 44.2 Å². The molecule has 1 N–H and O–H groups in total. The van der Waals surface area contributed by atoms with Crippen LogP contribution in [0.3, 0.4) is 0 Å². The maximum absolute atomic E-state index is 13.4. The number of ether oxygens (including phenoxy) is 4. The lowest BCUT2D eigenvalue weighted by atomic mass is 9.87. The highest BCUT2D eigenvalue weighted by atomic mass is 16.6. The highest BCUT2D eigenvalue weighted by Crippen LogP contribution is 2.35. The first-order valence-electron chi connectivity index (χ1n) is 14.1. The standard InChI is InChI=1S/C31H43NO10/c1-20(2)28-31(5,6)42-30(38)32(28)29(37)21(3)27(41-22(4)34)26(36)15-14-24(35)13-10-16-39-19-25(17-33)40-18-23-11-8-7-9-12-23/h7-9,11-12,14-15,20-21,25,27-28,33H,10,13,16-19H2,1-6H3. The van der Waals surface area contributed by atoms with Crippen molar-refractivity contribution in [1.29, 1.82) is 0 Å². The van der Waals surface area contributed by atoms with Crippen LogP contribution in [0.1, 0.15) is 59.9 Å². The zero-order valence-corrected chi connectivity index (χ0v) is 25.2. The minimum atomic E-state index is -1.53. The monoisotopic (exact) mass is 589 g/mol. The Morgan fingerprint density at radius 3 is 2.36 bits per heavy atom. The van der Waals surface area contributed by atoms with Crippen LogP contribution in [-0.4, -0.2) is 83.2 Å². The lowest BCUT2D eigenvalue weighted by Gasteiger charge is -2.33. The smallest absolute Gasteiger partial charge is 0.417 e. The molecule has 11 nitrogen and oxygen atoms in total. The summed E-state index contributed by atoms with van der Waals surface area (Å²) in [5.41, 5.74) is 0.0334. The van der Waals surface area contributed by atoms with E-state index in [0.29, 0.717) is 13.0 Å². The number of ketones is 2. The van der Waals surface area contributed by atoms with Gasteiger partial charge in [-0.3, -0.25) is 19.2 Å². The van der Waals surface area contributed by atoms with Crippen LogP contribution >= 0.6 is 0 Å². The second-order valence-corrected chi connectivity index (χ2v) is 11.2. The predicted molar refractivity (Wildman–Crippen MR) is 152 cm³/mol. The number of aliphatic hydroxyl groups excluding tert-OH is 1. The molecule has 1 fully saturated rings. The van der Waals surface area contributed by atoms with Crippen LogP contribution in [0.25, 0.3) is 0 Å². The van der Waals surface area contributed by atoms with Crippen molar-refractivity contribution in [3.8, 4) is 0 Å². The van der Waals surface area contributed by atoms with E-state index in [1.807, 2.05) is 44.2 Å². The van der Waals surface area contributed by atoms with E-state index in [2.05, 4.69) is 0 Å². The number of hydrogen-bond donors (Lipinski definition) is 1. The first-order valence-corrected chi connectivity index (χ1v) is 14.1. The number of hydrogen-bond acceptors (Lipinski definition) is 10. The van der Waals surface area contributed by atoms with Crippen LogP contribution in [0.5, 0.6) is 0 Å². The molecule has 1 aliphatic rings. The molecule has 232 valence electrons. The number of allylic oxidation sites excluding steroid dienone is 1. The second kappa shape index (κ2) is 16.3. The Morgan fingerprint density at radius 1 is 1.10 bits per heavy atom. The van der Waals surface area contributed by atoms with Gasteiger partial charge in [0.1, 0.15) is 11.7 Å². The number of imide groups is 1. The molecule has 1 aliphatic heterocycles. The topological polar surface area (TPSA) is 146 Å². The largest absolute Gasteiger partial charge is 0.453 e. The number of carbonyl (C=O) groups excluding carboxylic acids is 5. The summed E-state index contributed by atoms with van der Waals surface area (Å²) in [7, 11) is 0. The molecule has 0 radical (unpaired) electrons. The first-order chi connectivity index (χ1) is 19.8. The van der Waals surface area contributed by atoms with Crippen molar-refractivity contribution in [3.05, 3.63) is 48.0 Å². The number of cyclic esters (lactones) is 1. The van der Waals surface area contributed by atoms with Crippen LogP contribution < -0.4 is 0 Å². The Labute approximate surface area is 247 Å². The molecular weight excluding hydrogens is 546 g/mol. The van der Waals surface area contributed by atoms with Crippen molar-refractivity contribution in [3.63, 3.8) is 0 Å². The van der Waals surface area contributed by atoms with Gasteiger partial charge in [0.2, 0.25) is 5.91 Å². The normalized spacial score (nSPS) is 18.5. The molecule has 1 aromatic rings. The van der Waals surface area contributed by atoms with E-state index in [-0.39, 0.29) is 37.9 Å². The van der Waals surface area contributed by atoms with Crippen molar-refractivity contribution in [2.24, 2.45) is 11.8 Å². The predicted octanol–water partition coefficient (Wildman–Crippen LogP) is 3.41. The van der Waals surface area contributed by atoms with Crippen molar-refractivity contribution in [2.75, 3.05) is 19.8 Å². The van der Waals surface area contributed by atoms with Crippen molar-refractivity contribution in [2.45, 2.75) is 84.8 Å². The minimum absolute atomic E-state index is 0.0793. The van der Waals surface area contributed by atoms with Crippen LogP contribution in [0.4, 0.5) is 4.79 Å². The average molecular weight is 590 g/mol. The van der Waals surface area contributed by atoms with Crippen LogP contribution in [0.2, 0.25) is 0 Å². The summed E-state index contributed by atoms with van der Waals surface area (Å²) in [4.78, 5) is 64.0. The third-order valence-electron chi connectivity index (χ3n) is 6.80. The van der Waals surface area contributed by atoms with E-state index in [1.54, 1.807) is 13.8 Å². The van der Waals surface area contributed by atoms with Gasteiger partial charge in [-0.2, -0.15) is 0 Å². The number of rotatable bonds is 17. The maximum Gasteiger partial charge on any atom is 0.417 e. The van der Waals surface area contributed by atoms with Crippen molar-refractivity contribution in [1.82, 2.24) is 4.90 Å². The molecule has 0 saturated carbocycles. The van der Waals surface area contributed by atoms with Gasteiger partial charge >= 0.3 is 12.1 Å². The molecular formula is C31H43NO10. The van der Waals surface area contributed by atoms with Gasteiger partial charge in [0.05, 0.1) is 31.8 Å². The van der Waals surface area contributed by atoms with Crippen LogP contribution in [0, 0.1) is 11.8 Å². The summed E-state index contributed by atoms with van der Waals surface area (Å²) in [5.74, 6) is -3.97. The Morgan fingerprint density at radius 2 is 1.76 bits per heavy atom. The number of carbonyl (C=O) groups is 5. The average Bonchev–Trinajstić information content (AvgIpc) is 3.19. The number of amides is 2. The molecule has 42 heavy (non-hydrogen) atoms. The summed E-state index contributed by atoms with van der Waals surface area (Å²) in [6.07, 6.45) is -0.379. The first kappa shape index (κ1) is 34.8. The van der Waals surface area contributed by atoms with Gasteiger partial charge in [-0.05, 0) is 50.8 Å². The van der Waals surface area contributed by atoms with Crippen molar-refractivity contribution < 1.29 is 48.0 Å². The Kier molecular flexibility index (Phi) is 13.5. The van der Waals surface area contributed by atoms with Gasteiger partial charge in [-0.25, -0.2) is 9.69 Å². The van der Waals surface area contributed by atoms with E-state index in [0.717, 1.165) is 29.5 Å². The van der Waals surface area contributed by atoms with E-state index >= 15 is 0 Å². The van der Waals surface area contributed by atoms with Crippen LogP contribution in [-0.2, 0) is 44.7 Å². The molecule has 4 unspecified atom stereocenters. The van der Waals surface area contributed by atoms with E-state index in [1.165, 1.54) is 6.92 Å². The molecule has 11 heteroatoms. The SMILES string of the molecule is CC(=O)OC(C(=O)C=CC(=O)CCCOCC(CO)OCc1ccccc1)C(C)C(=O)N1C(=O)OC(C)(C)C1C(C)C. The Bertz CT molecular complexity index is 1110. The van der Waals surface area contributed by atoms with Gasteiger partial charge in [-0.15, -0.1) is 0 Å². The third kappa shape index (κ3) is 10.1. The van der Waals surface area contributed by atoms with Crippen molar-refractivity contribution >= 4 is 29.5 Å². The van der Waals surface area contributed by atoms with E-state index < -0.39 is 53.5 Å². The zero-order valence-electron chi connectivity index (χ0n) is 25.2. The van der Waals surface area contributed by atoms with Gasteiger partial charge in [0, 0.05) is 20.0 Å². The quantitative estimate of drug-likeness (QED) is 0.163. The molecule has 0 spiro atoms. The molecule has 0 aliphatic carbocycles. The summed E-state index contributed by atoms with van der Waals surface area (Å²) >= 11 is 0. The zero-order chi connectivity index (χ0) is 31.4. The number of benzene rings is 1. The van der Waals surface area contributed by atoms with Gasteiger partial charge < -0.3 is 24.1 Å². The van der Waals surface area contributed by atoms with Gasteiger partial charge in [0.25, 0.3) is 0 Å². The molecule has 1 saturated heterocycles. The number of aliphatic hydroxyl groups is 1. The highest BCUT2D eigenvalue weighted by Gasteiger charge is 2.53. The molecule has 0 bridgehead atoms. The van der Waals surface area contributed by atoms with Gasteiger partial charge in [0.15, 0.2) is 17.7 Å². The highest BCUT2D eigenvalue weighted by molar-refractivity contribution is 6.04. The van der Waals surface area contributed by atoms with E-state index in [4.69, 9.17) is 18.9 Å². The summed E-state index contributed by atoms with van der Waals surface area (Å²) < 4.78 is 21.7. The molecule has 0 aromatic heterocycles. The third-order valence-corrected chi connectivity index (χ3v) is 6.80. The van der Waals surface area contributed by atoms with E-state index in [9.17, 15) is 29.1 Å². The fourth-order valence-corrected chi connectivity index (χ4v) is 4.88. The summed E-state index contributed by atoms with van der Waals surface area (Å²) in [5, 5.41) is 9.50. The molecule has 2 amide bonds. The lowest BCUT2D eigenvalue weighted by molar-refractivity contribution is -0.158. The minimum Gasteiger partial charge on any atom is -0.453 e. The molecule has 4 atom stereocenters. The molecule has 1 aromatic carbocycles. The van der Waals surface area contributed by atoms with Crippen LogP contribution in [0.15, 0.2) is 42.5 Å². The number of esters is 1.